The van der Waals surface area contributed by atoms with E-state index in [2.05, 4.69) is 40.2 Å². The van der Waals surface area contributed by atoms with Gasteiger partial charge in [-0.25, -0.2) is 8.42 Å². The molecule has 0 saturated carbocycles. The van der Waals surface area contributed by atoms with Gasteiger partial charge in [0.05, 0.1) is 6.42 Å². The van der Waals surface area contributed by atoms with E-state index in [1.807, 2.05) is 74.4 Å². The molecule has 4 rings (SSSR count). The van der Waals surface area contributed by atoms with Crippen molar-refractivity contribution in [2.24, 2.45) is 0 Å². The second-order valence-electron chi connectivity index (χ2n) is 10.6. The standard InChI is InChI=1S/C34H35BrN2O5S/c1-36(2)29-14-7-25(8-15-29)21-24-5-12-28(13-6-24)34(35)43(40,41)20-19-27-11-18-31(38)32(22-27)42-33(39)23-26-9-16-30(17-10-26)37(3)4/h5-20,22,34,38H,21,23H2,1-4H3/b20-19+. The maximum absolute atomic E-state index is 13.1. The average molecular weight is 664 g/mol. The number of rotatable bonds is 11. The predicted octanol–water partition coefficient (Wildman–Crippen LogP) is 6.74. The summed E-state index contributed by atoms with van der Waals surface area (Å²) in [6.07, 6.45) is 2.17. The fourth-order valence-electron chi connectivity index (χ4n) is 4.32. The minimum Gasteiger partial charge on any atom is -0.504 e. The molecule has 1 unspecified atom stereocenters. The molecule has 0 heterocycles. The number of ether oxygens (including phenoxy) is 1. The van der Waals surface area contributed by atoms with Crippen LogP contribution in [0.15, 0.2) is 96.4 Å². The summed E-state index contributed by atoms with van der Waals surface area (Å²) in [7, 11) is 4.13. The largest absolute Gasteiger partial charge is 0.504 e. The van der Waals surface area contributed by atoms with E-state index in [4.69, 9.17) is 4.74 Å². The molecule has 0 fully saturated rings. The quantitative estimate of drug-likeness (QED) is 0.108. The van der Waals surface area contributed by atoms with Crippen molar-refractivity contribution in [3.8, 4) is 11.5 Å². The van der Waals surface area contributed by atoms with Crippen molar-refractivity contribution < 1.29 is 23.1 Å². The van der Waals surface area contributed by atoms with Crippen LogP contribution in [0.5, 0.6) is 11.5 Å². The van der Waals surface area contributed by atoms with E-state index in [1.54, 1.807) is 18.2 Å². The molecule has 43 heavy (non-hydrogen) atoms. The first kappa shape index (κ1) is 31.8. The molecule has 4 aromatic rings. The van der Waals surface area contributed by atoms with Gasteiger partial charge in [-0.3, -0.25) is 4.79 Å². The van der Waals surface area contributed by atoms with Gasteiger partial charge in [0.25, 0.3) is 0 Å². The van der Waals surface area contributed by atoms with Crippen LogP contribution in [0.2, 0.25) is 0 Å². The number of sulfone groups is 1. The third-order valence-electron chi connectivity index (χ3n) is 6.85. The van der Waals surface area contributed by atoms with Crippen LogP contribution in [-0.4, -0.2) is 47.7 Å². The molecule has 224 valence electrons. The van der Waals surface area contributed by atoms with Gasteiger partial charge < -0.3 is 19.6 Å². The zero-order valence-corrected chi connectivity index (χ0v) is 27.0. The van der Waals surface area contributed by atoms with Gasteiger partial charge in [-0.05, 0) is 76.7 Å². The van der Waals surface area contributed by atoms with Gasteiger partial charge in [-0.15, -0.1) is 0 Å². The lowest BCUT2D eigenvalue weighted by Gasteiger charge is -2.13. The topological polar surface area (TPSA) is 87.2 Å². The van der Waals surface area contributed by atoms with Gasteiger partial charge in [0, 0.05) is 45.0 Å². The Morgan fingerprint density at radius 2 is 1.33 bits per heavy atom. The molecule has 0 aliphatic heterocycles. The van der Waals surface area contributed by atoms with Crippen molar-refractivity contribution in [2.75, 3.05) is 38.0 Å². The third-order valence-corrected chi connectivity index (χ3v) is 10.3. The normalized spacial score (nSPS) is 12.2. The Morgan fingerprint density at radius 1 is 0.814 bits per heavy atom. The summed E-state index contributed by atoms with van der Waals surface area (Å²) in [5, 5.41) is 11.3. The first-order chi connectivity index (χ1) is 20.4. The molecule has 0 aliphatic rings. The van der Waals surface area contributed by atoms with Gasteiger partial charge in [0.2, 0.25) is 0 Å². The summed E-state index contributed by atoms with van der Waals surface area (Å²) in [5.74, 6) is -0.809. The molecule has 1 atom stereocenters. The van der Waals surface area contributed by atoms with Gasteiger partial charge in [0.1, 0.15) is 4.16 Å². The summed E-state index contributed by atoms with van der Waals surface area (Å²) in [6.45, 7) is 0. The summed E-state index contributed by atoms with van der Waals surface area (Å²) < 4.78 is 30.6. The number of nitrogens with zero attached hydrogens (tertiary/aromatic N) is 2. The molecule has 0 spiro atoms. The first-order valence-corrected chi connectivity index (χ1v) is 16.1. The molecule has 0 aliphatic carbocycles. The SMILES string of the molecule is CN(C)c1ccc(CC(=O)Oc2cc(/C=C/S(=O)(=O)C(Br)c3ccc(Cc4ccc(N(C)C)cc4)cc3)ccc2O)cc1. The Kier molecular flexibility index (Phi) is 10.3. The van der Waals surface area contributed by atoms with E-state index >= 15 is 0 Å². The van der Waals surface area contributed by atoms with Crippen LogP contribution in [0.1, 0.15) is 32.0 Å². The van der Waals surface area contributed by atoms with Crippen molar-refractivity contribution in [1.82, 2.24) is 0 Å². The zero-order valence-electron chi connectivity index (χ0n) is 24.6. The second-order valence-corrected chi connectivity index (χ2v) is 14.1. The van der Waals surface area contributed by atoms with Gasteiger partial charge in [0.15, 0.2) is 21.3 Å². The minimum atomic E-state index is -3.73. The number of hydrogen-bond donors (Lipinski definition) is 1. The Bertz CT molecular complexity index is 1680. The average Bonchev–Trinajstić information content (AvgIpc) is 2.98. The fourth-order valence-corrected chi connectivity index (χ4v) is 6.02. The van der Waals surface area contributed by atoms with Crippen molar-refractivity contribution in [1.29, 1.82) is 0 Å². The minimum absolute atomic E-state index is 0.0222. The molecule has 0 amide bonds. The highest BCUT2D eigenvalue weighted by molar-refractivity contribution is 9.10. The van der Waals surface area contributed by atoms with Crippen molar-refractivity contribution in [3.05, 3.63) is 124 Å². The Labute approximate surface area is 262 Å². The molecule has 0 bridgehead atoms. The lowest BCUT2D eigenvalue weighted by atomic mass is 10.0. The lowest BCUT2D eigenvalue weighted by molar-refractivity contribution is -0.133. The van der Waals surface area contributed by atoms with Crippen LogP contribution in [0.4, 0.5) is 11.4 Å². The molecule has 0 saturated heterocycles. The lowest BCUT2D eigenvalue weighted by Crippen LogP contribution is -2.12. The number of alkyl halides is 1. The molecule has 0 radical (unpaired) electrons. The zero-order chi connectivity index (χ0) is 31.1. The molecule has 4 aromatic carbocycles. The molecule has 0 aromatic heterocycles. The molecule has 7 nitrogen and oxygen atoms in total. The van der Waals surface area contributed by atoms with Crippen LogP contribution in [0, 0.1) is 0 Å². The number of aromatic hydroxyl groups is 1. The Morgan fingerprint density at radius 3 is 1.86 bits per heavy atom. The molecule has 9 heteroatoms. The van der Waals surface area contributed by atoms with E-state index in [9.17, 15) is 18.3 Å². The summed E-state index contributed by atoms with van der Waals surface area (Å²) in [5.41, 5.74) is 6.21. The van der Waals surface area contributed by atoms with Crippen molar-refractivity contribution in [3.63, 3.8) is 0 Å². The van der Waals surface area contributed by atoms with Crippen LogP contribution in [0.25, 0.3) is 6.08 Å². The van der Waals surface area contributed by atoms with E-state index in [0.717, 1.165) is 34.3 Å². The maximum atomic E-state index is 13.1. The van der Waals surface area contributed by atoms with Crippen molar-refractivity contribution in [2.45, 2.75) is 17.0 Å². The van der Waals surface area contributed by atoms with E-state index in [0.29, 0.717) is 11.1 Å². The number of carbonyl (C=O) groups is 1. The molecular formula is C34H35BrN2O5S. The van der Waals surface area contributed by atoms with Gasteiger partial charge in [-0.2, -0.15) is 0 Å². The van der Waals surface area contributed by atoms with E-state index in [1.165, 1.54) is 23.8 Å². The van der Waals surface area contributed by atoms with E-state index in [-0.39, 0.29) is 17.9 Å². The monoisotopic (exact) mass is 662 g/mol. The number of halogens is 1. The molecule has 1 N–H and O–H groups in total. The number of phenolic OH excluding ortho intramolecular Hbond substituents is 1. The van der Waals surface area contributed by atoms with Crippen LogP contribution < -0.4 is 14.5 Å². The number of phenols is 1. The van der Waals surface area contributed by atoms with Crippen LogP contribution in [0.3, 0.4) is 0 Å². The highest BCUT2D eigenvalue weighted by Gasteiger charge is 2.22. The summed E-state index contributed by atoms with van der Waals surface area (Å²) in [6, 6.07) is 27.6. The maximum Gasteiger partial charge on any atom is 0.315 e. The van der Waals surface area contributed by atoms with Gasteiger partial charge >= 0.3 is 5.97 Å². The number of esters is 1. The highest BCUT2D eigenvalue weighted by Crippen LogP contribution is 2.32. The summed E-state index contributed by atoms with van der Waals surface area (Å²) in [4.78, 5) is 16.5. The summed E-state index contributed by atoms with van der Waals surface area (Å²) >= 11 is 3.34. The number of benzene rings is 4. The van der Waals surface area contributed by atoms with Crippen molar-refractivity contribution >= 4 is 49.2 Å². The number of carbonyl (C=O) groups excluding carboxylic acids is 1. The van der Waals surface area contributed by atoms with Crippen LogP contribution in [-0.2, 0) is 27.5 Å². The number of hydrogen-bond acceptors (Lipinski definition) is 7. The third kappa shape index (κ3) is 8.72. The smallest absolute Gasteiger partial charge is 0.315 e. The fraction of sp³-hybridized carbons (Fsp3) is 0.206. The molecular weight excluding hydrogens is 628 g/mol. The predicted molar refractivity (Wildman–Crippen MR) is 178 cm³/mol. The van der Waals surface area contributed by atoms with Crippen LogP contribution >= 0.6 is 15.9 Å². The van der Waals surface area contributed by atoms with E-state index < -0.39 is 20.0 Å². The Balaban J connectivity index is 1.39. The number of anilines is 2. The second kappa shape index (κ2) is 13.9. The van der Waals surface area contributed by atoms with Gasteiger partial charge in [-0.1, -0.05) is 70.5 Å². The highest BCUT2D eigenvalue weighted by atomic mass is 79.9. The Hall–Kier alpha value is -4.08. The first-order valence-electron chi connectivity index (χ1n) is 13.6.